The molecule has 1 amide bonds. The van der Waals surface area contributed by atoms with Crippen LogP contribution in [0.4, 0.5) is 5.69 Å². The Bertz CT molecular complexity index is 615. The van der Waals surface area contributed by atoms with E-state index in [-0.39, 0.29) is 5.91 Å². The number of fused-ring (bicyclic) bond motifs is 1. The third kappa shape index (κ3) is 3.61. The van der Waals surface area contributed by atoms with Gasteiger partial charge in [-0.2, -0.15) is 0 Å². The summed E-state index contributed by atoms with van der Waals surface area (Å²) in [5.41, 5.74) is 2.03. The molecule has 2 aromatic rings. The first-order valence-electron chi connectivity index (χ1n) is 6.58. The van der Waals surface area contributed by atoms with Crippen LogP contribution in [0.2, 0.25) is 5.02 Å². The van der Waals surface area contributed by atoms with Gasteiger partial charge in [0, 0.05) is 49.4 Å². The number of carbonyl (C=O) groups is 1. The van der Waals surface area contributed by atoms with Crippen molar-refractivity contribution in [3.63, 3.8) is 0 Å². The monoisotopic (exact) mass is 291 g/mol. The molecule has 5 heteroatoms. The molecule has 1 heterocycles. The highest BCUT2D eigenvalue weighted by Crippen LogP contribution is 2.27. The first kappa shape index (κ1) is 14.6. The Kier molecular flexibility index (Phi) is 4.79. The Morgan fingerprint density at radius 1 is 1.40 bits per heavy atom. The van der Waals surface area contributed by atoms with Crippen molar-refractivity contribution >= 4 is 34.1 Å². The van der Waals surface area contributed by atoms with Crippen molar-refractivity contribution in [2.75, 3.05) is 25.0 Å². The van der Waals surface area contributed by atoms with Gasteiger partial charge in [-0.15, -0.1) is 0 Å². The van der Waals surface area contributed by atoms with Crippen LogP contribution in [0.3, 0.4) is 0 Å². The van der Waals surface area contributed by atoms with Gasteiger partial charge in [0.1, 0.15) is 0 Å². The zero-order valence-electron chi connectivity index (χ0n) is 11.7. The summed E-state index contributed by atoms with van der Waals surface area (Å²) in [6, 6.07) is 7.68. The van der Waals surface area contributed by atoms with E-state index in [1.54, 1.807) is 6.20 Å². The van der Waals surface area contributed by atoms with Crippen LogP contribution in [0.5, 0.6) is 0 Å². The number of nitrogens with zero attached hydrogens (tertiary/aromatic N) is 2. The van der Waals surface area contributed by atoms with Gasteiger partial charge in [-0.1, -0.05) is 11.6 Å². The molecular formula is C15H18ClN3O. The molecule has 1 aromatic carbocycles. The molecule has 0 saturated heterocycles. The van der Waals surface area contributed by atoms with Gasteiger partial charge >= 0.3 is 0 Å². The maximum absolute atomic E-state index is 10.8. The van der Waals surface area contributed by atoms with Crippen molar-refractivity contribution in [3.8, 4) is 0 Å². The number of hydrogen-bond acceptors (Lipinski definition) is 3. The molecule has 1 aromatic heterocycles. The molecule has 1 N–H and O–H groups in total. The molecule has 0 spiro atoms. The van der Waals surface area contributed by atoms with Crippen LogP contribution in [0.15, 0.2) is 30.5 Å². The fraction of sp³-hybridized carbons (Fsp3) is 0.333. The van der Waals surface area contributed by atoms with Crippen LogP contribution in [0, 0.1) is 0 Å². The van der Waals surface area contributed by atoms with Gasteiger partial charge in [0.25, 0.3) is 0 Å². The van der Waals surface area contributed by atoms with Gasteiger partial charge < -0.3 is 10.2 Å². The second-order valence-electron chi connectivity index (χ2n) is 4.75. The number of hydrogen-bond donors (Lipinski definition) is 1. The van der Waals surface area contributed by atoms with Crippen LogP contribution in [-0.2, 0) is 4.79 Å². The maximum Gasteiger partial charge on any atom is 0.216 e. The standard InChI is InChI=1S/C15H18ClN3O/c1-11(20)17-7-3-9-19(2)15-6-8-18-14-5-4-12(16)10-13(14)15/h4-6,8,10H,3,7,9H2,1-2H3,(H,17,20). The average molecular weight is 292 g/mol. The lowest BCUT2D eigenvalue weighted by molar-refractivity contribution is -0.118. The van der Waals surface area contributed by atoms with Gasteiger partial charge in [0.15, 0.2) is 0 Å². The SMILES string of the molecule is CC(=O)NCCCN(C)c1ccnc2ccc(Cl)cc12. The second-order valence-corrected chi connectivity index (χ2v) is 5.19. The summed E-state index contributed by atoms with van der Waals surface area (Å²) in [6.07, 6.45) is 2.69. The summed E-state index contributed by atoms with van der Waals surface area (Å²) in [5.74, 6) is 0.00814. The Morgan fingerprint density at radius 3 is 2.95 bits per heavy atom. The molecule has 0 radical (unpaired) electrons. The minimum Gasteiger partial charge on any atom is -0.374 e. The smallest absolute Gasteiger partial charge is 0.216 e. The lowest BCUT2D eigenvalue weighted by Crippen LogP contribution is -2.26. The minimum atomic E-state index is 0.00814. The normalized spacial score (nSPS) is 10.6. The highest BCUT2D eigenvalue weighted by molar-refractivity contribution is 6.31. The Balaban J connectivity index is 2.11. The molecular weight excluding hydrogens is 274 g/mol. The number of halogens is 1. The summed E-state index contributed by atoms with van der Waals surface area (Å²) >= 11 is 6.06. The molecule has 20 heavy (non-hydrogen) atoms. The highest BCUT2D eigenvalue weighted by atomic mass is 35.5. The van der Waals surface area contributed by atoms with E-state index in [1.165, 1.54) is 6.92 Å². The molecule has 4 nitrogen and oxygen atoms in total. The van der Waals surface area contributed by atoms with Crippen molar-refractivity contribution < 1.29 is 4.79 Å². The largest absolute Gasteiger partial charge is 0.374 e. The van der Waals surface area contributed by atoms with Crippen LogP contribution in [0.25, 0.3) is 10.9 Å². The van der Waals surface area contributed by atoms with Crippen molar-refractivity contribution in [3.05, 3.63) is 35.5 Å². The van der Waals surface area contributed by atoms with Crippen LogP contribution in [-0.4, -0.2) is 31.0 Å². The third-order valence-electron chi connectivity index (χ3n) is 3.14. The number of anilines is 1. The molecule has 2 rings (SSSR count). The van der Waals surface area contributed by atoms with E-state index < -0.39 is 0 Å². The van der Waals surface area contributed by atoms with Gasteiger partial charge in [-0.3, -0.25) is 9.78 Å². The average Bonchev–Trinajstić information content (AvgIpc) is 2.42. The summed E-state index contributed by atoms with van der Waals surface area (Å²) in [4.78, 5) is 17.3. The van der Waals surface area contributed by atoms with Gasteiger partial charge in [-0.25, -0.2) is 0 Å². The fourth-order valence-corrected chi connectivity index (χ4v) is 2.31. The van der Waals surface area contributed by atoms with Crippen molar-refractivity contribution in [2.45, 2.75) is 13.3 Å². The first-order valence-corrected chi connectivity index (χ1v) is 6.95. The molecule has 0 aliphatic carbocycles. The van der Waals surface area contributed by atoms with Gasteiger partial charge in [0.05, 0.1) is 5.52 Å². The van der Waals surface area contributed by atoms with E-state index in [2.05, 4.69) is 15.2 Å². The number of carbonyl (C=O) groups excluding carboxylic acids is 1. The fourth-order valence-electron chi connectivity index (χ4n) is 2.14. The van der Waals surface area contributed by atoms with E-state index in [0.29, 0.717) is 11.6 Å². The number of nitrogens with one attached hydrogen (secondary N) is 1. The molecule has 0 saturated carbocycles. The molecule has 0 aliphatic heterocycles. The van der Waals surface area contributed by atoms with Crippen LogP contribution in [0.1, 0.15) is 13.3 Å². The zero-order chi connectivity index (χ0) is 14.5. The summed E-state index contributed by atoms with van der Waals surface area (Å²) in [5, 5.41) is 4.55. The lowest BCUT2D eigenvalue weighted by Gasteiger charge is -2.21. The Morgan fingerprint density at radius 2 is 2.20 bits per heavy atom. The number of pyridine rings is 1. The van der Waals surface area contributed by atoms with E-state index in [4.69, 9.17) is 11.6 Å². The topological polar surface area (TPSA) is 45.2 Å². The second kappa shape index (κ2) is 6.57. The molecule has 0 fully saturated rings. The van der Waals surface area contributed by atoms with Gasteiger partial charge in [-0.05, 0) is 30.7 Å². The van der Waals surface area contributed by atoms with Crippen molar-refractivity contribution in [1.29, 1.82) is 0 Å². The van der Waals surface area contributed by atoms with Crippen molar-refractivity contribution in [2.24, 2.45) is 0 Å². The van der Waals surface area contributed by atoms with Crippen LogP contribution >= 0.6 is 11.6 Å². The predicted molar refractivity (Wildman–Crippen MR) is 83.3 cm³/mol. The van der Waals surface area contributed by atoms with E-state index in [9.17, 15) is 4.79 Å². The molecule has 106 valence electrons. The maximum atomic E-state index is 10.8. The zero-order valence-corrected chi connectivity index (χ0v) is 12.4. The Labute approximate surface area is 123 Å². The highest BCUT2D eigenvalue weighted by Gasteiger charge is 2.07. The van der Waals surface area contributed by atoms with E-state index >= 15 is 0 Å². The molecule has 0 atom stereocenters. The third-order valence-corrected chi connectivity index (χ3v) is 3.37. The number of aromatic nitrogens is 1. The number of benzene rings is 1. The van der Waals surface area contributed by atoms with Gasteiger partial charge in [0.2, 0.25) is 5.91 Å². The predicted octanol–water partition coefficient (Wildman–Crippen LogP) is 2.85. The summed E-state index contributed by atoms with van der Waals surface area (Å²) in [6.45, 7) is 3.07. The molecule has 0 aliphatic rings. The van der Waals surface area contributed by atoms with Crippen LogP contribution < -0.4 is 10.2 Å². The summed E-state index contributed by atoms with van der Waals surface area (Å²) < 4.78 is 0. The lowest BCUT2D eigenvalue weighted by atomic mass is 10.1. The minimum absolute atomic E-state index is 0.00814. The Hall–Kier alpha value is -1.81. The number of amides is 1. The first-order chi connectivity index (χ1) is 9.58. The quantitative estimate of drug-likeness (QED) is 0.862. The molecule has 0 unspecified atom stereocenters. The van der Waals surface area contributed by atoms with Crippen molar-refractivity contribution in [1.82, 2.24) is 10.3 Å². The van der Waals surface area contributed by atoms with E-state index in [1.807, 2.05) is 31.3 Å². The molecule has 0 bridgehead atoms. The van der Waals surface area contributed by atoms with E-state index in [0.717, 1.165) is 29.6 Å². The summed E-state index contributed by atoms with van der Waals surface area (Å²) in [7, 11) is 2.03. The number of rotatable bonds is 5.